The van der Waals surface area contributed by atoms with Crippen LogP contribution in [0.25, 0.3) is 0 Å². The topological polar surface area (TPSA) is 62.1 Å². The average molecular weight is 260 g/mol. The fourth-order valence-corrected chi connectivity index (χ4v) is 2.16. The van der Waals surface area contributed by atoms with Gasteiger partial charge in [0.25, 0.3) is 0 Å². The summed E-state index contributed by atoms with van der Waals surface area (Å²) >= 11 is 1.67. The second-order valence-electron chi connectivity index (χ2n) is 3.87. The number of nitrogens with zero attached hydrogens (tertiary/aromatic N) is 4. The molecule has 1 rings (SSSR count). The number of rotatable bonds is 8. The molecule has 0 amide bonds. The molecule has 7 heteroatoms. The number of aromatic nitrogens is 4. The number of ether oxygens (including phenoxy) is 2. The fourth-order valence-electron chi connectivity index (χ4n) is 1.14. The first-order valence-electron chi connectivity index (χ1n) is 5.65. The highest BCUT2D eigenvalue weighted by molar-refractivity contribution is 7.99. The molecule has 0 bridgehead atoms. The molecule has 0 aliphatic rings. The average Bonchev–Trinajstić information content (AvgIpc) is 2.80. The second kappa shape index (κ2) is 7.62. The molecule has 0 radical (unpaired) electrons. The molecule has 1 unspecified atom stereocenters. The van der Waals surface area contributed by atoms with Crippen molar-refractivity contribution in [2.45, 2.75) is 38.3 Å². The van der Waals surface area contributed by atoms with Crippen LogP contribution in [0.5, 0.6) is 0 Å². The van der Waals surface area contributed by atoms with Crippen molar-refractivity contribution in [1.82, 2.24) is 20.2 Å². The van der Waals surface area contributed by atoms with E-state index in [1.165, 1.54) is 0 Å². The molecule has 98 valence electrons. The van der Waals surface area contributed by atoms with Crippen LogP contribution in [0.4, 0.5) is 0 Å². The lowest BCUT2D eigenvalue weighted by Crippen LogP contribution is -2.22. The molecule has 0 fully saturated rings. The Morgan fingerprint density at radius 3 is 2.65 bits per heavy atom. The van der Waals surface area contributed by atoms with Crippen LogP contribution < -0.4 is 0 Å². The lowest BCUT2D eigenvalue weighted by Gasteiger charge is -2.13. The Morgan fingerprint density at radius 2 is 2.06 bits per heavy atom. The molecular weight excluding hydrogens is 240 g/mol. The van der Waals surface area contributed by atoms with Crippen molar-refractivity contribution < 1.29 is 9.47 Å². The summed E-state index contributed by atoms with van der Waals surface area (Å²) in [5.74, 6) is 1.67. The maximum Gasteiger partial charge on any atom is 0.209 e. The van der Waals surface area contributed by atoms with Gasteiger partial charge in [-0.05, 0) is 16.3 Å². The minimum absolute atomic E-state index is 0.318. The van der Waals surface area contributed by atoms with E-state index in [0.29, 0.717) is 12.5 Å². The Bertz CT molecular complexity index is 317. The van der Waals surface area contributed by atoms with Gasteiger partial charge in [0.2, 0.25) is 5.16 Å². The van der Waals surface area contributed by atoms with Crippen LogP contribution in [0.2, 0.25) is 0 Å². The lowest BCUT2D eigenvalue weighted by molar-refractivity contribution is -0.113. The Balaban J connectivity index is 2.53. The number of methoxy groups -OCH3 is 2. The predicted octanol–water partition coefficient (Wildman–Crippen LogP) is 1.43. The van der Waals surface area contributed by atoms with Crippen LogP contribution in [-0.2, 0) is 16.0 Å². The monoisotopic (exact) mass is 260 g/mol. The number of hydrogen-bond donors (Lipinski definition) is 0. The summed E-state index contributed by atoms with van der Waals surface area (Å²) in [6.07, 6.45) is 0.842. The third-order valence-corrected chi connectivity index (χ3v) is 3.83. The van der Waals surface area contributed by atoms with Crippen LogP contribution in [0.15, 0.2) is 5.16 Å². The van der Waals surface area contributed by atoms with Crippen LogP contribution in [0.3, 0.4) is 0 Å². The smallest absolute Gasteiger partial charge is 0.209 e. The Kier molecular flexibility index (Phi) is 6.46. The maximum absolute atomic E-state index is 5.13. The summed E-state index contributed by atoms with van der Waals surface area (Å²) in [5, 5.41) is 12.4. The molecule has 17 heavy (non-hydrogen) atoms. The molecule has 0 saturated heterocycles. The quantitative estimate of drug-likeness (QED) is 0.520. The summed E-state index contributed by atoms with van der Waals surface area (Å²) < 4.78 is 12.0. The normalized spacial score (nSPS) is 13.2. The lowest BCUT2D eigenvalue weighted by atomic mass is 10.2. The molecule has 6 nitrogen and oxygen atoms in total. The highest BCUT2D eigenvalue weighted by Gasteiger charge is 2.13. The van der Waals surface area contributed by atoms with E-state index < -0.39 is 0 Å². The van der Waals surface area contributed by atoms with Gasteiger partial charge in [-0.25, -0.2) is 4.68 Å². The summed E-state index contributed by atoms with van der Waals surface area (Å²) in [6.45, 7) is 4.90. The highest BCUT2D eigenvalue weighted by Crippen LogP contribution is 2.19. The summed E-state index contributed by atoms with van der Waals surface area (Å²) in [6, 6.07) is 0. The molecule has 0 aliphatic carbocycles. The fraction of sp³-hybridized carbons (Fsp3) is 0.900. The van der Waals surface area contributed by atoms with E-state index in [9.17, 15) is 0 Å². The predicted molar refractivity (Wildman–Crippen MR) is 65.8 cm³/mol. The molecule has 0 aromatic carbocycles. The van der Waals surface area contributed by atoms with E-state index in [1.54, 1.807) is 30.7 Å². The van der Waals surface area contributed by atoms with Crippen molar-refractivity contribution in [2.75, 3.05) is 20.0 Å². The third kappa shape index (κ3) is 4.61. The highest BCUT2D eigenvalue weighted by atomic mass is 32.2. The van der Waals surface area contributed by atoms with Gasteiger partial charge in [-0.3, -0.25) is 0 Å². The molecule has 0 N–H and O–H groups in total. The van der Waals surface area contributed by atoms with Gasteiger partial charge in [-0.1, -0.05) is 32.0 Å². The number of thioether (sulfide) groups is 1. The van der Waals surface area contributed by atoms with Gasteiger partial charge in [0, 0.05) is 20.0 Å². The minimum Gasteiger partial charge on any atom is -0.354 e. The molecule has 1 atom stereocenters. The molecular formula is C10H20N4O2S. The molecule has 0 aliphatic heterocycles. The first kappa shape index (κ1) is 14.4. The van der Waals surface area contributed by atoms with Gasteiger partial charge in [0.1, 0.15) is 0 Å². The first-order chi connectivity index (χ1) is 8.21. The minimum atomic E-state index is -0.318. The summed E-state index contributed by atoms with van der Waals surface area (Å²) in [4.78, 5) is 0. The second-order valence-corrected chi connectivity index (χ2v) is 4.86. The first-order valence-corrected chi connectivity index (χ1v) is 6.64. The van der Waals surface area contributed by atoms with E-state index in [2.05, 4.69) is 29.4 Å². The van der Waals surface area contributed by atoms with Gasteiger partial charge < -0.3 is 9.47 Å². The van der Waals surface area contributed by atoms with Crippen molar-refractivity contribution in [2.24, 2.45) is 5.92 Å². The number of hydrogen-bond acceptors (Lipinski definition) is 6. The van der Waals surface area contributed by atoms with Gasteiger partial charge >= 0.3 is 0 Å². The summed E-state index contributed by atoms with van der Waals surface area (Å²) in [7, 11) is 3.20. The van der Waals surface area contributed by atoms with Crippen molar-refractivity contribution >= 4 is 11.8 Å². The Morgan fingerprint density at radius 1 is 1.35 bits per heavy atom. The van der Waals surface area contributed by atoms with Crippen molar-refractivity contribution in [3.05, 3.63) is 0 Å². The van der Waals surface area contributed by atoms with E-state index in [1.807, 2.05) is 0 Å². The van der Waals surface area contributed by atoms with Crippen molar-refractivity contribution in [1.29, 1.82) is 0 Å². The van der Waals surface area contributed by atoms with Gasteiger partial charge in [-0.2, -0.15) is 0 Å². The maximum atomic E-state index is 5.13. The zero-order valence-corrected chi connectivity index (χ0v) is 11.6. The van der Waals surface area contributed by atoms with Crippen LogP contribution in [-0.4, -0.2) is 46.5 Å². The van der Waals surface area contributed by atoms with E-state index in [-0.39, 0.29) is 6.29 Å². The van der Waals surface area contributed by atoms with Crippen molar-refractivity contribution in [3.63, 3.8) is 0 Å². The van der Waals surface area contributed by atoms with Crippen LogP contribution in [0, 0.1) is 5.92 Å². The zero-order chi connectivity index (χ0) is 12.7. The third-order valence-electron chi connectivity index (χ3n) is 2.54. The molecule has 1 aromatic heterocycles. The molecule has 1 heterocycles. The van der Waals surface area contributed by atoms with E-state index in [0.717, 1.165) is 17.3 Å². The zero-order valence-electron chi connectivity index (χ0n) is 10.8. The summed E-state index contributed by atoms with van der Waals surface area (Å²) in [5.41, 5.74) is 0. The van der Waals surface area contributed by atoms with Crippen molar-refractivity contribution in [3.8, 4) is 0 Å². The number of tetrazole rings is 1. The van der Waals surface area contributed by atoms with Crippen LogP contribution >= 0.6 is 11.8 Å². The van der Waals surface area contributed by atoms with Gasteiger partial charge in [-0.15, -0.1) is 5.10 Å². The molecule has 1 aromatic rings. The Labute approximate surface area is 106 Å². The van der Waals surface area contributed by atoms with Gasteiger partial charge in [0.15, 0.2) is 6.29 Å². The standard InChI is InChI=1S/C10H20N4O2S/c1-5-8(2)7-17-10-11-12-13-14(10)6-9(15-3)16-4/h8-9H,5-7H2,1-4H3. The largest absolute Gasteiger partial charge is 0.354 e. The Hall–Kier alpha value is -0.660. The van der Waals surface area contributed by atoms with E-state index in [4.69, 9.17) is 9.47 Å². The molecule has 0 spiro atoms. The van der Waals surface area contributed by atoms with Gasteiger partial charge in [0.05, 0.1) is 6.54 Å². The SMILES string of the molecule is CCC(C)CSc1nnnn1CC(OC)OC. The molecule has 0 saturated carbocycles. The van der Waals surface area contributed by atoms with Crippen LogP contribution in [0.1, 0.15) is 20.3 Å². The van der Waals surface area contributed by atoms with E-state index >= 15 is 0 Å².